The lowest BCUT2D eigenvalue weighted by Crippen LogP contribution is -2.47. The third-order valence-electron chi connectivity index (χ3n) is 5.55. The van der Waals surface area contributed by atoms with E-state index in [4.69, 9.17) is 9.47 Å². The maximum Gasteiger partial charge on any atom is 0.271 e. The zero-order chi connectivity index (χ0) is 20.5. The Morgan fingerprint density at radius 1 is 0.900 bits per heavy atom. The molecule has 154 valence electrons. The van der Waals surface area contributed by atoms with E-state index < -0.39 is 0 Å². The van der Waals surface area contributed by atoms with E-state index >= 15 is 0 Å². The van der Waals surface area contributed by atoms with E-state index in [1.165, 1.54) is 0 Å². The molecule has 30 heavy (non-hydrogen) atoms. The molecule has 2 N–H and O–H groups in total. The predicted octanol–water partition coefficient (Wildman–Crippen LogP) is 2.93. The molecule has 1 amide bonds. The third kappa shape index (κ3) is 3.27. The quantitative estimate of drug-likeness (QED) is 0.698. The molecule has 1 fully saturated rings. The number of phenolic OH excluding ortho intramolecular Hbond substituents is 1. The van der Waals surface area contributed by atoms with Crippen molar-refractivity contribution in [2.45, 2.75) is 0 Å². The number of rotatable bonds is 3. The summed E-state index contributed by atoms with van der Waals surface area (Å²) in [6.07, 6.45) is 0. The number of aromatic hydroxyl groups is 1. The molecule has 0 unspecified atom stereocenters. The van der Waals surface area contributed by atoms with Crippen LogP contribution in [0.15, 0.2) is 54.6 Å². The first-order valence-electron chi connectivity index (χ1n) is 10.1. The minimum Gasteiger partial charge on any atom is -0.507 e. The Kier molecular flexibility index (Phi) is 4.80. The summed E-state index contributed by atoms with van der Waals surface area (Å²) in [7, 11) is 0. The van der Waals surface area contributed by atoms with Crippen molar-refractivity contribution in [1.82, 2.24) is 5.43 Å². The number of fused-ring (bicyclic) bond motifs is 2. The summed E-state index contributed by atoms with van der Waals surface area (Å²) in [6.45, 7) is 3.65. The first-order chi connectivity index (χ1) is 14.7. The molecule has 2 aliphatic rings. The average molecular weight is 405 g/mol. The van der Waals surface area contributed by atoms with E-state index in [0.29, 0.717) is 45.0 Å². The molecule has 0 atom stereocenters. The average Bonchev–Trinajstić information content (AvgIpc) is 2.79. The minimum absolute atomic E-state index is 0.196. The predicted molar refractivity (Wildman–Crippen MR) is 115 cm³/mol. The first-order valence-corrected chi connectivity index (χ1v) is 10.1. The van der Waals surface area contributed by atoms with Crippen molar-refractivity contribution in [2.24, 2.45) is 0 Å². The summed E-state index contributed by atoms with van der Waals surface area (Å²) in [4.78, 5) is 15.6. The fraction of sp³-hybridized carbons (Fsp3) is 0.261. The van der Waals surface area contributed by atoms with Crippen LogP contribution in [0.2, 0.25) is 0 Å². The van der Waals surface area contributed by atoms with Crippen LogP contribution in [0.5, 0.6) is 11.5 Å². The monoisotopic (exact) mass is 405 g/mol. The number of morpholine rings is 1. The molecular weight excluding hydrogens is 382 g/mol. The largest absolute Gasteiger partial charge is 0.507 e. The standard InChI is InChI=1S/C23H23N3O4/c27-20-6-3-4-17-16(20)8-9-18(22(17)25-10-13-29-14-11-25)23(28)24-26-12-15-30-21-7-2-1-5-19(21)26/h1-9,27H,10-15H2,(H,24,28). The topological polar surface area (TPSA) is 74.3 Å². The summed E-state index contributed by atoms with van der Waals surface area (Å²) in [5.74, 6) is 0.760. The van der Waals surface area contributed by atoms with Gasteiger partial charge in [-0.1, -0.05) is 24.3 Å². The van der Waals surface area contributed by atoms with E-state index in [2.05, 4.69) is 10.3 Å². The van der Waals surface area contributed by atoms with Gasteiger partial charge in [0.15, 0.2) is 0 Å². The molecule has 7 heteroatoms. The van der Waals surface area contributed by atoms with Gasteiger partial charge >= 0.3 is 0 Å². The number of hydrazine groups is 1. The maximum atomic E-state index is 13.4. The van der Waals surface area contributed by atoms with Crippen LogP contribution >= 0.6 is 0 Å². The van der Waals surface area contributed by atoms with E-state index in [9.17, 15) is 9.90 Å². The van der Waals surface area contributed by atoms with Gasteiger partial charge in [0.05, 0.1) is 36.7 Å². The highest BCUT2D eigenvalue weighted by molar-refractivity contribution is 6.10. The first kappa shape index (κ1) is 18.6. The molecule has 2 heterocycles. The number of ether oxygens (including phenoxy) is 2. The van der Waals surface area contributed by atoms with Crippen LogP contribution in [-0.4, -0.2) is 50.5 Å². The molecular formula is C23H23N3O4. The van der Waals surface area contributed by atoms with Gasteiger partial charge in [0.2, 0.25) is 0 Å². The van der Waals surface area contributed by atoms with E-state index in [1.807, 2.05) is 41.4 Å². The number of anilines is 2. The Hall–Kier alpha value is -3.45. The molecule has 0 saturated carbocycles. The van der Waals surface area contributed by atoms with Crippen LogP contribution in [0.25, 0.3) is 10.8 Å². The van der Waals surface area contributed by atoms with E-state index in [-0.39, 0.29) is 11.7 Å². The second-order valence-corrected chi connectivity index (χ2v) is 7.34. The lowest BCUT2D eigenvalue weighted by atomic mass is 10.0. The number of benzene rings is 3. The summed E-state index contributed by atoms with van der Waals surface area (Å²) in [5, 5.41) is 13.7. The molecule has 0 aliphatic carbocycles. The molecule has 3 aromatic rings. The zero-order valence-corrected chi connectivity index (χ0v) is 16.5. The lowest BCUT2D eigenvalue weighted by molar-refractivity contribution is 0.0943. The molecule has 5 rings (SSSR count). The SMILES string of the molecule is O=C(NN1CCOc2ccccc21)c1ccc2c(O)cccc2c1N1CCOCC1. The number of carbonyl (C=O) groups is 1. The van der Waals surface area contributed by atoms with E-state index in [0.717, 1.165) is 27.9 Å². The third-order valence-corrected chi connectivity index (χ3v) is 5.55. The van der Waals surface area contributed by atoms with Crippen LogP contribution in [0.3, 0.4) is 0 Å². The van der Waals surface area contributed by atoms with Crippen molar-refractivity contribution in [3.63, 3.8) is 0 Å². The minimum atomic E-state index is -0.196. The number of amides is 1. The van der Waals surface area contributed by atoms with Gasteiger partial charge in [-0.05, 0) is 30.3 Å². The normalized spacial score (nSPS) is 16.1. The van der Waals surface area contributed by atoms with Gasteiger partial charge in [-0.15, -0.1) is 0 Å². The number of hydrogen-bond donors (Lipinski definition) is 2. The summed E-state index contributed by atoms with van der Waals surface area (Å²) in [5.41, 5.74) is 5.27. The maximum absolute atomic E-state index is 13.4. The Bertz CT molecular complexity index is 1090. The van der Waals surface area contributed by atoms with Crippen molar-refractivity contribution >= 4 is 28.1 Å². The second-order valence-electron chi connectivity index (χ2n) is 7.34. The van der Waals surface area contributed by atoms with Crippen LogP contribution in [0.1, 0.15) is 10.4 Å². The Labute approximate surface area is 174 Å². The lowest BCUT2D eigenvalue weighted by Gasteiger charge is -2.33. The Balaban J connectivity index is 1.54. The van der Waals surface area contributed by atoms with Crippen LogP contribution in [0.4, 0.5) is 11.4 Å². The Morgan fingerprint density at radius 3 is 2.60 bits per heavy atom. The molecule has 2 aliphatic heterocycles. The number of phenols is 1. The summed E-state index contributed by atoms with van der Waals surface area (Å²) in [6, 6.07) is 16.7. The Morgan fingerprint density at radius 2 is 1.73 bits per heavy atom. The number of carbonyl (C=O) groups excluding carboxylic acids is 1. The second kappa shape index (κ2) is 7.76. The highest BCUT2D eigenvalue weighted by Crippen LogP contribution is 2.36. The van der Waals surface area contributed by atoms with Gasteiger partial charge in [0, 0.05) is 23.9 Å². The molecule has 0 bridgehead atoms. The summed E-state index contributed by atoms with van der Waals surface area (Å²) >= 11 is 0. The van der Waals surface area contributed by atoms with Gasteiger partial charge in [-0.25, -0.2) is 0 Å². The van der Waals surface area contributed by atoms with Crippen molar-refractivity contribution in [3.05, 3.63) is 60.2 Å². The van der Waals surface area contributed by atoms with Gasteiger partial charge < -0.3 is 19.5 Å². The van der Waals surface area contributed by atoms with Crippen molar-refractivity contribution in [2.75, 3.05) is 49.4 Å². The van der Waals surface area contributed by atoms with Gasteiger partial charge in [-0.3, -0.25) is 15.2 Å². The molecule has 0 spiro atoms. The number of nitrogens with zero attached hydrogens (tertiary/aromatic N) is 2. The summed E-state index contributed by atoms with van der Waals surface area (Å²) < 4.78 is 11.2. The van der Waals surface area contributed by atoms with Crippen LogP contribution in [0, 0.1) is 0 Å². The van der Waals surface area contributed by atoms with Crippen molar-refractivity contribution in [3.8, 4) is 11.5 Å². The highest BCUT2D eigenvalue weighted by atomic mass is 16.5. The fourth-order valence-corrected chi connectivity index (χ4v) is 4.10. The number of hydrogen-bond acceptors (Lipinski definition) is 6. The van der Waals surface area contributed by atoms with Crippen LogP contribution < -0.4 is 20.1 Å². The molecule has 3 aromatic carbocycles. The van der Waals surface area contributed by atoms with Gasteiger partial charge in [-0.2, -0.15) is 0 Å². The molecule has 0 radical (unpaired) electrons. The van der Waals surface area contributed by atoms with Crippen molar-refractivity contribution < 1.29 is 19.4 Å². The molecule has 0 aromatic heterocycles. The van der Waals surface area contributed by atoms with Gasteiger partial charge in [0.1, 0.15) is 18.1 Å². The van der Waals surface area contributed by atoms with Crippen LogP contribution in [-0.2, 0) is 4.74 Å². The van der Waals surface area contributed by atoms with Crippen molar-refractivity contribution in [1.29, 1.82) is 0 Å². The van der Waals surface area contributed by atoms with E-state index in [1.54, 1.807) is 18.2 Å². The highest BCUT2D eigenvalue weighted by Gasteiger charge is 2.25. The zero-order valence-electron chi connectivity index (χ0n) is 16.5. The number of para-hydroxylation sites is 2. The number of nitrogens with one attached hydrogen (secondary N) is 1. The fourth-order valence-electron chi connectivity index (χ4n) is 4.10. The molecule has 1 saturated heterocycles. The smallest absolute Gasteiger partial charge is 0.271 e. The molecule has 7 nitrogen and oxygen atoms in total. The van der Waals surface area contributed by atoms with Gasteiger partial charge in [0.25, 0.3) is 5.91 Å².